The highest BCUT2D eigenvalue weighted by atomic mass is 32.1. The summed E-state index contributed by atoms with van der Waals surface area (Å²) in [6, 6.07) is 40.0. The molecule has 0 aliphatic carbocycles. The normalized spacial score (nSPS) is 13.1. The average molecular weight is 822 g/mol. The van der Waals surface area contributed by atoms with Crippen LogP contribution in [0, 0.1) is 6.85 Å². The van der Waals surface area contributed by atoms with Crippen LogP contribution < -0.4 is 4.74 Å². The number of thiazole rings is 1. The molecule has 4 aromatic heterocycles. The molecule has 4 heterocycles. The van der Waals surface area contributed by atoms with Gasteiger partial charge in [-0.05, 0) is 117 Å². The van der Waals surface area contributed by atoms with E-state index in [1.807, 2.05) is 75.5 Å². The van der Waals surface area contributed by atoms with Gasteiger partial charge in [0, 0.05) is 50.5 Å². The monoisotopic (exact) mass is 821 g/mol. The molecule has 9 aromatic rings. The number of fused-ring (bicyclic) bond motifs is 4. The lowest BCUT2D eigenvalue weighted by Gasteiger charge is -2.22. The molecule has 5 nitrogen and oxygen atoms in total. The zero-order valence-electron chi connectivity index (χ0n) is 39.5. The van der Waals surface area contributed by atoms with E-state index >= 15 is 0 Å². The lowest BCUT2D eigenvalue weighted by atomic mass is 9.84. The number of rotatable bonds is 9. The van der Waals surface area contributed by atoms with Crippen molar-refractivity contribution in [3.8, 4) is 50.3 Å². The zero-order chi connectivity index (χ0) is 45.2. The number of nitrogens with zero attached hydrogens (tertiary/aromatic N) is 4. The third kappa shape index (κ3) is 7.52. The Kier molecular flexibility index (Phi) is 9.47. The van der Waals surface area contributed by atoms with Crippen LogP contribution in [-0.4, -0.2) is 19.5 Å². The summed E-state index contributed by atoms with van der Waals surface area (Å²) in [5.41, 5.74) is 12.3. The number of aromatic nitrogens is 4. The van der Waals surface area contributed by atoms with E-state index in [1.54, 1.807) is 11.3 Å². The molecule has 0 saturated heterocycles. The Bertz CT molecular complexity index is 3170. The molecule has 0 aliphatic heterocycles. The van der Waals surface area contributed by atoms with Crippen molar-refractivity contribution in [3.05, 3.63) is 155 Å². The number of aryl methyl sites for hydroxylation is 1. The van der Waals surface area contributed by atoms with Gasteiger partial charge in [-0.1, -0.05) is 117 Å². The largest absolute Gasteiger partial charge is 0.457 e. The van der Waals surface area contributed by atoms with Crippen LogP contribution >= 0.6 is 11.3 Å². The van der Waals surface area contributed by atoms with E-state index < -0.39 is 12.3 Å². The first-order valence-corrected chi connectivity index (χ1v) is 22.1. The van der Waals surface area contributed by atoms with Crippen LogP contribution in [0.15, 0.2) is 128 Å². The van der Waals surface area contributed by atoms with Gasteiger partial charge in [0.15, 0.2) is 0 Å². The molecular weight excluding hydrogens is 765 g/mol. The fraction of sp³-hybridized carbons (Fsp3) is 0.255. The third-order valence-corrected chi connectivity index (χ3v) is 12.9. The minimum atomic E-state index is -2.31. The van der Waals surface area contributed by atoms with Crippen molar-refractivity contribution in [1.29, 1.82) is 0 Å². The second-order valence-corrected chi connectivity index (χ2v) is 19.1. The molecule has 0 aliphatic rings. The molecule has 61 heavy (non-hydrogen) atoms. The van der Waals surface area contributed by atoms with E-state index in [-0.39, 0.29) is 17.4 Å². The molecule has 306 valence electrons. The maximum Gasteiger partial charge on any atom is 0.137 e. The fourth-order valence-electron chi connectivity index (χ4n) is 8.53. The summed E-state index contributed by atoms with van der Waals surface area (Å²) < 4.78 is 35.2. The summed E-state index contributed by atoms with van der Waals surface area (Å²) in [6.07, 6.45) is 3.36. The van der Waals surface area contributed by atoms with E-state index in [9.17, 15) is 0 Å². The van der Waals surface area contributed by atoms with Crippen molar-refractivity contribution in [2.45, 2.75) is 92.3 Å². The van der Waals surface area contributed by atoms with Crippen LogP contribution in [0.4, 0.5) is 0 Å². The fourth-order valence-corrected chi connectivity index (χ4v) is 9.69. The highest BCUT2D eigenvalue weighted by molar-refractivity contribution is 7.22. The van der Waals surface area contributed by atoms with Gasteiger partial charge in [-0.15, -0.1) is 11.3 Å². The van der Waals surface area contributed by atoms with Gasteiger partial charge >= 0.3 is 0 Å². The van der Waals surface area contributed by atoms with Crippen LogP contribution in [0.5, 0.6) is 11.5 Å². The molecule has 5 aromatic carbocycles. The quantitative estimate of drug-likeness (QED) is 0.146. The molecule has 6 heteroatoms. The van der Waals surface area contributed by atoms with Gasteiger partial charge in [0.25, 0.3) is 0 Å². The summed E-state index contributed by atoms with van der Waals surface area (Å²) in [6.45, 7) is 17.4. The minimum absolute atomic E-state index is 0.262. The van der Waals surface area contributed by atoms with Crippen molar-refractivity contribution in [3.63, 3.8) is 0 Å². The van der Waals surface area contributed by atoms with Gasteiger partial charge in [0.2, 0.25) is 0 Å². The van der Waals surface area contributed by atoms with Crippen LogP contribution in [0.2, 0.25) is 0 Å². The van der Waals surface area contributed by atoms with E-state index in [0.717, 1.165) is 65.1 Å². The molecule has 0 fully saturated rings. The van der Waals surface area contributed by atoms with Crippen LogP contribution in [0.3, 0.4) is 0 Å². The van der Waals surface area contributed by atoms with E-state index in [0.29, 0.717) is 23.1 Å². The summed E-state index contributed by atoms with van der Waals surface area (Å²) >= 11 is 1.66. The van der Waals surface area contributed by atoms with Gasteiger partial charge in [-0.25, -0.2) is 9.97 Å². The topological polar surface area (TPSA) is 52.8 Å². The summed E-state index contributed by atoms with van der Waals surface area (Å²) in [7, 11) is 0. The van der Waals surface area contributed by atoms with Gasteiger partial charge in [0.1, 0.15) is 22.3 Å². The van der Waals surface area contributed by atoms with Crippen LogP contribution in [-0.2, 0) is 5.41 Å². The number of pyridine rings is 2. The van der Waals surface area contributed by atoms with Gasteiger partial charge < -0.3 is 4.74 Å². The van der Waals surface area contributed by atoms with Crippen molar-refractivity contribution < 1.29 is 8.85 Å². The van der Waals surface area contributed by atoms with Crippen molar-refractivity contribution in [1.82, 2.24) is 19.5 Å². The van der Waals surface area contributed by atoms with Crippen molar-refractivity contribution in [2.75, 3.05) is 0 Å². The predicted molar refractivity (Wildman–Crippen MR) is 258 cm³/mol. The smallest absolute Gasteiger partial charge is 0.137 e. The highest BCUT2D eigenvalue weighted by Gasteiger charge is 2.25. The summed E-state index contributed by atoms with van der Waals surface area (Å²) in [5, 5.41) is 3.16. The molecular formula is C55H54N4OS. The lowest BCUT2D eigenvalue weighted by molar-refractivity contribution is 0.484. The molecule has 0 saturated carbocycles. The number of benzene rings is 5. The third-order valence-electron chi connectivity index (χ3n) is 11.8. The summed E-state index contributed by atoms with van der Waals surface area (Å²) in [5.74, 6) is 3.03. The standard InChI is InChI=1S/C55H54N4OS/c1-32(2)38-25-42(33(3)4)52(43(26-38)34(5)6)54-58-48-28-40(27-45(53(48)61-54)47-30-46(55(8,9)10)35(7)31-57-47)60-39-20-21-41-44-24-37(36-16-12-11-13-17-36)19-22-49(44)59(50(41)29-39)51-18-14-15-23-56-51/h11-34H,1-10H3/i7D3. The van der Waals surface area contributed by atoms with Gasteiger partial charge in [-0.2, -0.15) is 0 Å². The first-order chi connectivity index (χ1) is 30.5. The maximum absolute atomic E-state index is 8.38. The zero-order valence-corrected chi connectivity index (χ0v) is 37.3. The molecule has 0 N–H and O–H groups in total. The predicted octanol–water partition coefficient (Wildman–Crippen LogP) is 16.0. The number of ether oxygens (including phenoxy) is 1. The van der Waals surface area contributed by atoms with E-state index in [2.05, 4.69) is 113 Å². The van der Waals surface area contributed by atoms with Crippen LogP contribution in [0.25, 0.3) is 70.8 Å². The Labute approximate surface area is 368 Å². The molecule has 0 bridgehead atoms. The Morgan fingerprint density at radius 1 is 0.672 bits per heavy atom. The van der Waals surface area contributed by atoms with Gasteiger partial charge in [-0.3, -0.25) is 9.55 Å². The molecule has 0 atom stereocenters. The minimum Gasteiger partial charge on any atom is -0.457 e. The van der Waals surface area contributed by atoms with Crippen molar-refractivity contribution >= 4 is 43.4 Å². The van der Waals surface area contributed by atoms with E-state index in [4.69, 9.17) is 23.8 Å². The lowest BCUT2D eigenvalue weighted by Crippen LogP contribution is -2.13. The molecule has 0 unspecified atom stereocenters. The Balaban J connectivity index is 1.25. The number of hydrogen-bond donors (Lipinski definition) is 0. The SMILES string of the molecule is [2H]C([2H])([2H])c1cnc(-c2cc(Oc3ccc4c5cc(-c6ccccc6)ccc5n(-c5ccccn5)c4c3)cc3nc(-c4c(C(C)C)cc(C(C)C)cc4C(C)C)sc23)cc1C(C)(C)C. The molecule has 0 amide bonds. The molecule has 9 rings (SSSR count). The second-order valence-electron chi connectivity index (χ2n) is 18.1. The number of hydrogen-bond acceptors (Lipinski definition) is 5. The second kappa shape index (κ2) is 15.7. The Morgan fingerprint density at radius 3 is 2.10 bits per heavy atom. The van der Waals surface area contributed by atoms with E-state index in [1.165, 1.54) is 28.5 Å². The Hall–Kier alpha value is -6.11. The Morgan fingerprint density at radius 2 is 1.43 bits per heavy atom. The molecule has 0 radical (unpaired) electrons. The first kappa shape index (κ1) is 36.7. The van der Waals surface area contributed by atoms with Gasteiger partial charge in [0.05, 0.1) is 26.9 Å². The van der Waals surface area contributed by atoms with Crippen molar-refractivity contribution in [2.24, 2.45) is 0 Å². The highest BCUT2D eigenvalue weighted by Crippen LogP contribution is 2.46. The van der Waals surface area contributed by atoms with Crippen LogP contribution in [0.1, 0.15) is 112 Å². The maximum atomic E-state index is 8.38. The molecule has 0 spiro atoms. The average Bonchev–Trinajstić information content (AvgIpc) is 3.84. The summed E-state index contributed by atoms with van der Waals surface area (Å²) in [4.78, 5) is 15.1. The first-order valence-electron chi connectivity index (χ1n) is 22.8.